The molecule has 0 fully saturated rings. The predicted octanol–water partition coefficient (Wildman–Crippen LogP) is 4.31. The second-order valence-corrected chi connectivity index (χ2v) is 8.52. The predicted molar refractivity (Wildman–Crippen MR) is 126 cm³/mol. The van der Waals surface area contributed by atoms with Gasteiger partial charge in [0.25, 0.3) is 0 Å². The number of aliphatic carboxylic acids is 1. The lowest BCUT2D eigenvalue weighted by Gasteiger charge is -2.24. The van der Waals surface area contributed by atoms with Crippen molar-refractivity contribution in [2.45, 2.75) is 58.0 Å². The molecule has 0 bridgehead atoms. The molecule has 1 aliphatic rings. The van der Waals surface area contributed by atoms with Crippen molar-refractivity contribution in [1.82, 2.24) is 10.6 Å². The van der Waals surface area contributed by atoms with E-state index in [9.17, 15) is 19.5 Å². The third-order valence-corrected chi connectivity index (χ3v) is 6.31. The smallest absolute Gasteiger partial charge is 0.407 e. The van der Waals surface area contributed by atoms with E-state index in [0.29, 0.717) is 19.3 Å². The highest BCUT2D eigenvalue weighted by Crippen LogP contribution is 2.44. The monoisotopic (exact) mass is 452 g/mol. The standard InChI is InChI=1S/C26H32N2O5/c1-4-10-22(24(29)28-23(25(30)31)16(3)5-2)27-26(32)33-15-21-19-13-8-6-11-17(19)18-12-7-9-14-20(18)21/h6-9,11-14,16,21-23H,4-5,10,15H2,1-3H3,(H,27,32)(H,28,29)(H,30,31)/t16-,22+,23-/m0/s1. The quantitative estimate of drug-likeness (QED) is 0.498. The number of carboxylic acid groups (broad SMARTS) is 1. The maximum atomic E-state index is 12.7. The van der Waals surface area contributed by atoms with Crippen molar-refractivity contribution in [2.24, 2.45) is 5.92 Å². The maximum Gasteiger partial charge on any atom is 0.407 e. The zero-order chi connectivity index (χ0) is 24.0. The molecule has 0 aromatic heterocycles. The molecule has 2 aromatic rings. The van der Waals surface area contributed by atoms with E-state index in [-0.39, 0.29) is 18.4 Å². The van der Waals surface area contributed by atoms with Gasteiger partial charge in [-0.3, -0.25) is 4.79 Å². The molecule has 3 rings (SSSR count). The highest BCUT2D eigenvalue weighted by atomic mass is 16.5. The van der Waals surface area contributed by atoms with Crippen LogP contribution in [-0.4, -0.2) is 41.8 Å². The Bertz CT molecular complexity index is 960. The first-order valence-corrected chi connectivity index (χ1v) is 11.5. The SMILES string of the molecule is CCC[C@@H](NC(=O)OCC1c2ccccc2-c2ccccc21)C(=O)N[C@H](C(=O)O)[C@@H](C)CC. The van der Waals surface area contributed by atoms with Gasteiger partial charge in [-0.15, -0.1) is 0 Å². The number of alkyl carbamates (subject to hydrolysis) is 1. The molecule has 0 radical (unpaired) electrons. The van der Waals surface area contributed by atoms with Gasteiger partial charge in [-0.05, 0) is 34.6 Å². The third-order valence-electron chi connectivity index (χ3n) is 6.31. The molecule has 0 unspecified atom stereocenters. The normalized spacial score (nSPS) is 15.0. The van der Waals surface area contributed by atoms with Gasteiger partial charge >= 0.3 is 12.1 Å². The van der Waals surface area contributed by atoms with E-state index in [1.165, 1.54) is 0 Å². The molecule has 0 heterocycles. The molecule has 0 spiro atoms. The fraction of sp³-hybridized carbons (Fsp3) is 0.423. The highest BCUT2D eigenvalue weighted by molar-refractivity contribution is 5.89. The Morgan fingerprint density at radius 3 is 2.06 bits per heavy atom. The minimum atomic E-state index is -1.09. The second kappa shape index (κ2) is 11.0. The van der Waals surface area contributed by atoms with E-state index in [2.05, 4.69) is 22.8 Å². The van der Waals surface area contributed by atoms with Crippen LogP contribution in [0.3, 0.4) is 0 Å². The third kappa shape index (κ3) is 5.53. The summed E-state index contributed by atoms with van der Waals surface area (Å²) < 4.78 is 5.54. The zero-order valence-corrected chi connectivity index (χ0v) is 19.3. The van der Waals surface area contributed by atoms with Crippen LogP contribution in [0.1, 0.15) is 57.1 Å². The number of nitrogens with one attached hydrogen (secondary N) is 2. The van der Waals surface area contributed by atoms with E-state index >= 15 is 0 Å². The van der Waals surface area contributed by atoms with Gasteiger partial charge in [0.05, 0.1) is 0 Å². The van der Waals surface area contributed by atoms with Crippen molar-refractivity contribution < 1.29 is 24.2 Å². The van der Waals surface area contributed by atoms with Crippen molar-refractivity contribution in [1.29, 1.82) is 0 Å². The average Bonchev–Trinajstić information content (AvgIpc) is 3.13. The first kappa shape index (κ1) is 24.3. The van der Waals surface area contributed by atoms with Crippen LogP contribution in [0.2, 0.25) is 0 Å². The first-order valence-electron chi connectivity index (χ1n) is 11.5. The average molecular weight is 453 g/mol. The van der Waals surface area contributed by atoms with Gasteiger partial charge in [0.15, 0.2) is 0 Å². The van der Waals surface area contributed by atoms with Crippen LogP contribution < -0.4 is 10.6 Å². The molecule has 0 saturated heterocycles. The van der Waals surface area contributed by atoms with Crippen LogP contribution in [0.25, 0.3) is 11.1 Å². The van der Waals surface area contributed by atoms with Crippen LogP contribution >= 0.6 is 0 Å². The Morgan fingerprint density at radius 2 is 1.55 bits per heavy atom. The number of fused-ring (bicyclic) bond motifs is 3. The summed E-state index contributed by atoms with van der Waals surface area (Å²) in [6, 6.07) is 14.2. The summed E-state index contributed by atoms with van der Waals surface area (Å²) in [6.07, 6.45) is 0.933. The Morgan fingerprint density at radius 1 is 0.970 bits per heavy atom. The van der Waals surface area contributed by atoms with E-state index in [1.54, 1.807) is 6.92 Å². The minimum Gasteiger partial charge on any atom is -0.480 e. The molecule has 176 valence electrons. The van der Waals surface area contributed by atoms with Crippen LogP contribution in [0.15, 0.2) is 48.5 Å². The lowest BCUT2D eigenvalue weighted by Crippen LogP contribution is -2.53. The number of hydrogen-bond acceptors (Lipinski definition) is 4. The minimum absolute atomic E-state index is 0.0802. The van der Waals surface area contributed by atoms with Crippen LogP contribution in [0.4, 0.5) is 4.79 Å². The van der Waals surface area contributed by atoms with Gasteiger partial charge in [-0.1, -0.05) is 82.1 Å². The van der Waals surface area contributed by atoms with Gasteiger partial charge in [0.2, 0.25) is 5.91 Å². The van der Waals surface area contributed by atoms with Crippen LogP contribution in [-0.2, 0) is 14.3 Å². The summed E-state index contributed by atoms with van der Waals surface area (Å²) in [4.78, 5) is 36.9. The summed E-state index contributed by atoms with van der Waals surface area (Å²) >= 11 is 0. The Hall–Kier alpha value is -3.35. The highest BCUT2D eigenvalue weighted by Gasteiger charge is 2.31. The molecule has 1 aliphatic carbocycles. The lowest BCUT2D eigenvalue weighted by atomic mass is 9.98. The van der Waals surface area contributed by atoms with Crippen molar-refractivity contribution in [3.63, 3.8) is 0 Å². The van der Waals surface area contributed by atoms with Crippen molar-refractivity contribution in [3.8, 4) is 11.1 Å². The summed E-state index contributed by atoms with van der Waals surface area (Å²) in [7, 11) is 0. The molecule has 7 heteroatoms. The molecule has 2 aromatic carbocycles. The van der Waals surface area contributed by atoms with Gasteiger partial charge < -0.3 is 20.5 Å². The zero-order valence-electron chi connectivity index (χ0n) is 19.3. The van der Waals surface area contributed by atoms with Crippen molar-refractivity contribution in [3.05, 3.63) is 59.7 Å². The summed E-state index contributed by atoms with van der Waals surface area (Å²) in [5, 5.41) is 14.7. The van der Waals surface area contributed by atoms with E-state index in [4.69, 9.17) is 4.74 Å². The summed E-state index contributed by atoms with van der Waals surface area (Å²) in [5.74, 6) is -1.92. The lowest BCUT2D eigenvalue weighted by molar-refractivity contribution is -0.143. The molecular formula is C26H32N2O5. The second-order valence-electron chi connectivity index (χ2n) is 8.52. The van der Waals surface area contributed by atoms with E-state index < -0.39 is 30.1 Å². The molecule has 0 saturated carbocycles. The molecule has 0 aliphatic heterocycles. The Kier molecular flexibility index (Phi) is 8.09. The van der Waals surface area contributed by atoms with Crippen LogP contribution in [0, 0.1) is 5.92 Å². The van der Waals surface area contributed by atoms with E-state index in [0.717, 1.165) is 22.3 Å². The number of carboxylic acids is 1. The number of benzene rings is 2. The fourth-order valence-corrected chi connectivity index (χ4v) is 4.28. The molecular weight excluding hydrogens is 420 g/mol. The topological polar surface area (TPSA) is 105 Å². The largest absolute Gasteiger partial charge is 0.480 e. The van der Waals surface area contributed by atoms with Gasteiger partial charge in [-0.25, -0.2) is 9.59 Å². The number of amides is 2. The number of carbonyl (C=O) groups is 3. The fourth-order valence-electron chi connectivity index (χ4n) is 4.28. The number of ether oxygens (including phenoxy) is 1. The summed E-state index contributed by atoms with van der Waals surface area (Å²) in [6.45, 7) is 5.67. The number of carbonyl (C=O) groups excluding carboxylic acids is 2. The van der Waals surface area contributed by atoms with Gasteiger partial charge in [0.1, 0.15) is 18.7 Å². The van der Waals surface area contributed by atoms with Crippen molar-refractivity contribution >= 4 is 18.0 Å². The first-order chi connectivity index (χ1) is 15.9. The van der Waals surface area contributed by atoms with E-state index in [1.807, 2.05) is 50.2 Å². The van der Waals surface area contributed by atoms with Gasteiger partial charge in [-0.2, -0.15) is 0 Å². The molecule has 7 nitrogen and oxygen atoms in total. The number of rotatable bonds is 10. The number of hydrogen-bond donors (Lipinski definition) is 3. The van der Waals surface area contributed by atoms with Gasteiger partial charge in [0, 0.05) is 5.92 Å². The Labute approximate surface area is 194 Å². The van der Waals surface area contributed by atoms with Crippen molar-refractivity contribution in [2.75, 3.05) is 6.61 Å². The van der Waals surface area contributed by atoms with Crippen LogP contribution in [0.5, 0.6) is 0 Å². The molecule has 3 N–H and O–H groups in total. The molecule has 33 heavy (non-hydrogen) atoms. The Balaban J connectivity index is 1.65. The maximum absolute atomic E-state index is 12.7. The summed E-state index contributed by atoms with van der Waals surface area (Å²) in [5.41, 5.74) is 4.48. The molecule has 2 amide bonds. The molecule has 3 atom stereocenters.